The molecule has 0 aliphatic carbocycles. The monoisotopic (exact) mass is 414 g/mol. The van der Waals surface area contributed by atoms with Gasteiger partial charge in [0.05, 0.1) is 11.0 Å². The lowest BCUT2D eigenvalue weighted by Gasteiger charge is -2.50. The molecular weight excluding hydrogens is 378 g/mol. The zero-order valence-electron chi connectivity index (χ0n) is 20.4. The van der Waals surface area contributed by atoms with Crippen LogP contribution in [-0.2, 0) is 11.0 Å². The van der Waals surface area contributed by atoms with Crippen molar-refractivity contribution in [1.29, 1.82) is 0 Å². The molecule has 0 radical (unpaired) electrons. The van der Waals surface area contributed by atoms with E-state index in [0.29, 0.717) is 0 Å². The molecule has 2 heterocycles. The van der Waals surface area contributed by atoms with Gasteiger partial charge in [0, 0.05) is 12.0 Å². The molecule has 2 aromatic carbocycles. The lowest BCUT2D eigenvalue weighted by Crippen LogP contribution is -2.69. The maximum Gasteiger partial charge on any atom is 0.275 e. The predicted octanol–water partition coefficient (Wildman–Crippen LogP) is 6.50. The van der Waals surface area contributed by atoms with Crippen molar-refractivity contribution in [1.82, 2.24) is 9.78 Å². The standard InChI is InChI=1S/C28H36N3/c1-9-17-27(7)28(8,21(5)10-2)24-18-19(3)15-16-23(24)26-30(27)22(6)29-31(26)25-14-12-11-13-20(25)4/h10-16,18H,9,17H2,1-8H3/q+1. The Balaban J connectivity index is 2.19. The molecule has 1 aliphatic rings. The molecule has 0 saturated carbocycles. The minimum atomic E-state index is -0.126. The van der Waals surface area contributed by atoms with Gasteiger partial charge >= 0.3 is 0 Å². The Morgan fingerprint density at radius 2 is 1.81 bits per heavy atom. The van der Waals surface area contributed by atoms with Gasteiger partial charge < -0.3 is 0 Å². The van der Waals surface area contributed by atoms with Crippen molar-refractivity contribution < 1.29 is 4.57 Å². The highest BCUT2D eigenvalue weighted by Crippen LogP contribution is 2.52. The van der Waals surface area contributed by atoms with E-state index in [9.17, 15) is 0 Å². The SMILES string of the molecule is CC=C(C)C1(C)c2cc(C)ccc2-c2n(-c3ccccc3C)nc(C)[n+]2C1(C)CCC. The maximum atomic E-state index is 5.13. The van der Waals surface area contributed by atoms with Crippen molar-refractivity contribution in [2.75, 3.05) is 0 Å². The molecule has 3 aromatic rings. The molecule has 162 valence electrons. The topological polar surface area (TPSA) is 21.7 Å². The molecule has 0 N–H and O–H groups in total. The molecule has 3 heteroatoms. The van der Waals surface area contributed by atoms with Crippen LogP contribution in [0.1, 0.15) is 70.0 Å². The number of aromatic nitrogens is 3. The van der Waals surface area contributed by atoms with Crippen LogP contribution in [0.4, 0.5) is 0 Å². The number of nitrogens with zero attached hydrogens (tertiary/aromatic N) is 3. The molecule has 3 nitrogen and oxygen atoms in total. The van der Waals surface area contributed by atoms with E-state index in [4.69, 9.17) is 5.10 Å². The van der Waals surface area contributed by atoms with E-state index in [1.165, 1.54) is 33.7 Å². The minimum Gasteiger partial charge on any atom is -0.221 e. The smallest absolute Gasteiger partial charge is 0.221 e. The van der Waals surface area contributed by atoms with E-state index in [1.807, 2.05) is 0 Å². The van der Waals surface area contributed by atoms with Crippen molar-refractivity contribution in [3.63, 3.8) is 0 Å². The van der Waals surface area contributed by atoms with Gasteiger partial charge in [0.2, 0.25) is 0 Å². The number of rotatable bonds is 4. The van der Waals surface area contributed by atoms with Gasteiger partial charge in [-0.2, -0.15) is 0 Å². The summed E-state index contributed by atoms with van der Waals surface area (Å²) in [6.45, 7) is 18.2. The second kappa shape index (κ2) is 7.47. The number of fused-ring (bicyclic) bond motifs is 3. The Bertz CT molecular complexity index is 1180. The van der Waals surface area contributed by atoms with E-state index in [1.54, 1.807) is 0 Å². The molecule has 0 spiro atoms. The fourth-order valence-corrected chi connectivity index (χ4v) is 5.83. The van der Waals surface area contributed by atoms with Crippen molar-refractivity contribution in [2.45, 2.75) is 79.2 Å². The minimum absolute atomic E-state index is 0.124. The van der Waals surface area contributed by atoms with Gasteiger partial charge in [-0.15, -0.1) is 0 Å². The number of para-hydroxylation sites is 1. The molecule has 2 unspecified atom stereocenters. The van der Waals surface area contributed by atoms with Crippen LogP contribution in [0.3, 0.4) is 0 Å². The van der Waals surface area contributed by atoms with Gasteiger partial charge in [-0.25, -0.2) is 4.57 Å². The van der Waals surface area contributed by atoms with Crippen LogP contribution in [0, 0.1) is 20.8 Å². The van der Waals surface area contributed by atoms with E-state index >= 15 is 0 Å². The van der Waals surface area contributed by atoms with Crippen LogP contribution < -0.4 is 4.57 Å². The summed E-state index contributed by atoms with van der Waals surface area (Å²) in [5, 5.41) is 5.13. The predicted molar refractivity (Wildman–Crippen MR) is 129 cm³/mol. The molecule has 0 fully saturated rings. The number of aryl methyl sites for hydroxylation is 3. The van der Waals surface area contributed by atoms with Crippen molar-refractivity contribution in [3.05, 3.63) is 76.6 Å². The molecule has 1 aromatic heterocycles. The lowest BCUT2D eigenvalue weighted by atomic mass is 9.58. The van der Waals surface area contributed by atoms with Gasteiger partial charge in [-0.1, -0.05) is 65.6 Å². The molecule has 0 bridgehead atoms. The van der Waals surface area contributed by atoms with Gasteiger partial charge in [-0.3, -0.25) is 0 Å². The molecule has 31 heavy (non-hydrogen) atoms. The number of hydrogen-bond acceptors (Lipinski definition) is 1. The molecule has 2 atom stereocenters. The number of benzene rings is 2. The van der Waals surface area contributed by atoms with Gasteiger partial charge in [0.1, 0.15) is 11.2 Å². The number of allylic oxidation sites excluding steroid dienone is 2. The first-order chi connectivity index (χ1) is 14.7. The first-order valence-electron chi connectivity index (χ1n) is 11.5. The van der Waals surface area contributed by atoms with Crippen LogP contribution in [0.15, 0.2) is 54.1 Å². The highest BCUT2D eigenvalue weighted by Gasteiger charge is 2.57. The van der Waals surface area contributed by atoms with Crippen LogP contribution in [0.5, 0.6) is 0 Å². The normalized spacial score (nSPS) is 22.9. The molecular formula is C28H36N3+. The molecule has 4 rings (SSSR count). The summed E-state index contributed by atoms with van der Waals surface area (Å²) < 4.78 is 4.71. The van der Waals surface area contributed by atoms with Crippen LogP contribution in [-0.4, -0.2) is 9.78 Å². The van der Waals surface area contributed by atoms with Crippen molar-refractivity contribution in [3.8, 4) is 17.1 Å². The third-order valence-corrected chi connectivity index (χ3v) is 7.81. The Hall–Kier alpha value is -2.68. The number of hydrogen-bond donors (Lipinski definition) is 0. The highest BCUT2D eigenvalue weighted by atomic mass is 15.4. The summed E-state index contributed by atoms with van der Waals surface area (Å²) in [4.78, 5) is 0. The third kappa shape index (κ3) is 2.86. The van der Waals surface area contributed by atoms with E-state index in [-0.39, 0.29) is 11.0 Å². The maximum absolute atomic E-state index is 5.13. The zero-order chi connectivity index (χ0) is 22.6. The van der Waals surface area contributed by atoms with Crippen LogP contribution >= 0.6 is 0 Å². The van der Waals surface area contributed by atoms with E-state index in [0.717, 1.165) is 24.4 Å². The van der Waals surface area contributed by atoms with Crippen molar-refractivity contribution in [2.24, 2.45) is 0 Å². The van der Waals surface area contributed by atoms with Crippen molar-refractivity contribution >= 4 is 0 Å². The summed E-state index contributed by atoms with van der Waals surface area (Å²) >= 11 is 0. The Morgan fingerprint density at radius 1 is 1.10 bits per heavy atom. The summed E-state index contributed by atoms with van der Waals surface area (Å²) in [6.07, 6.45) is 4.50. The Kier molecular flexibility index (Phi) is 5.20. The van der Waals surface area contributed by atoms with E-state index < -0.39 is 0 Å². The fraction of sp³-hybridized carbons (Fsp3) is 0.429. The summed E-state index contributed by atoms with van der Waals surface area (Å²) in [5.74, 6) is 2.26. The first kappa shape index (κ1) is 21.5. The van der Waals surface area contributed by atoms with Crippen LogP contribution in [0.2, 0.25) is 0 Å². The fourth-order valence-electron chi connectivity index (χ4n) is 5.83. The van der Waals surface area contributed by atoms with Gasteiger partial charge in [0.25, 0.3) is 11.6 Å². The molecule has 0 saturated heterocycles. The average molecular weight is 415 g/mol. The average Bonchev–Trinajstić information content (AvgIpc) is 3.09. The highest BCUT2D eigenvalue weighted by molar-refractivity contribution is 5.67. The van der Waals surface area contributed by atoms with Gasteiger partial charge in [-0.05, 0) is 71.2 Å². The van der Waals surface area contributed by atoms with Gasteiger partial charge in [0.15, 0.2) is 0 Å². The quantitative estimate of drug-likeness (QED) is 0.352. The van der Waals surface area contributed by atoms with E-state index in [2.05, 4.69) is 113 Å². The summed E-state index contributed by atoms with van der Waals surface area (Å²) in [7, 11) is 0. The molecule has 0 amide bonds. The summed E-state index contributed by atoms with van der Waals surface area (Å²) in [6, 6.07) is 15.5. The van der Waals surface area contributed by atoms with Crippen LogP contribution in [0.25, 0.3) is 17.1 Å². The summed E-state index contributed by atoms with van der Waals surface area (Å²) in [5.41, 5.74) is 7.55. The second-order valence-corrected chi connectivity index (χ2v) is 9.57. The second-order valence-electron chi connectivity index (χ2n) is 9.57. The third-order valence-electron chi connectivity index (χ3n) is 7.81. The Labute approximate surface area is 187 Å². The lowest BCUT2D eigenvalue weighted by molar-refractivity contribution is -0.769. The molecule has 1 aliphatic heterocycles. The first-order valence-corrected chi connectivity index (χ1v) is 11.5. The largest absolute Gasteiger partial charge is 0.275 e. The zero-order valence-corrected chi connectivity index (χ0v) is 20.4. The Morgan fingerprint density at radius 3 is 2.45 bits per heavy atom.